The Kier molecular flexibility index (Phi) is 11.4. The molecular formula is C18H30N8O2S2. The Labute approximate surface area is 184 Å². The van der Waals surface area contributed by atoms with Crippen LogP contribution in [0.1, 0.15) is 10.0 Å². The number of carbonyl (C=O) groups is 2. The minimum absolute atomic E-state index is 0.0494. The monoisotopic (exact) mass is 454 g/mol. The van der Waals surface area contributed by atoms with Gasteiger partial charge in [0.15, 0.2) is 0 Å². The normalized spacial score (nSPS) is 10.9. The molecule has 2 heterocycles. The second-order valence-electron chi connectivity index (χ2n) is 6.38. The summed E-state index contributed by atoms with van der Waals surface area (Å²) in [6, 6.07) is 0. The van der Waals surface area contributed by atoms with Crippen LogP contribution in [0, 0.1) is 0 Å². The Morgan fingerprint density at radius 3 is 1.60 bits per heavy atom. The minimum atomic E-state index is -0.0494. The Morgan fingerprint density at radius 1 is 0.767 bits per heavy atom. The molecule has 12 heteroatoms. The molecule has 0 fully saturated rings. The molecule has 2 aromatic heterocycles. The van der Waals surface area contributed by atoms with Crippen LogP contribution >= 0.6 is 22.7 Å². The first kappa shape index (κ1) is 24.3. The zero-order valence-electron chi connectivity index (χ0n) is 16.9. The van der Waals surface area contributed by atoms with Crippen molar-refractivity contribution in [1.29, 1.82) is 0 Å². The van der Waals surface area contributed by atoms with Gasteiger partial charge in [0.2, 0.25) is 11.8 Å². The van der Waals surface area contributed by atoms with Crippen LogP contribution in [0.5, 0.6) is 0 Å². The number of rotatable bonds is 15. The van der Waals surface area contributed by atoms with Gasteiger partial charge in [0.05, 0.1) is 23.1 Å². The molecule has 0 saturated carbocycles. The van der Waals surface area contributed by atoms with E-state index in [1.165, 1.54) is 0 Å². The number of nitrogens with one attached hydrogen (secondary N) is 4. The van der Waals surface area contributed by atoms with Crippen LogP contribution in [-0.4, -0.2) is 74.1 Å². The molecule has 2 aromatic rings. The molecule has 0 atom stereocenters. The summed E-state index contributed by atoms with van der Waals surface area (Å²) in [5, 5.41) is 17.5. The van der Waals surface area contributed by atoms with Crippen molar-refractivity contribution in [2.24, 2.45) is 11.5 Å². The third-order valence-electron chi connectivity index (χ3n) is 3.90. The first-order valence-corrected chi connectivity index (χ1v) is 11.6. The highest BCUT2D eigenvalue weighted by Crippen LogP contribution is 2.24. The molecule has 0 aliphatic rings. The van der Waals surface area contributed by atoms with E-state index in [4.69, 9.17) is 11.5 Å². The third-order valence-corrected chi connectivity index (χ3v) is 5.72. The highest BCUT2D eigenvalue weighted by molar-refractivity contribution is 7.10. The smallest absolute Gasteiger partial charge is 0.233 e. The SMILES string of the molecule is NCCNCC(=O)NCCc1nc(-c2csc(CCNC(=O)CNCCN)n2)cs1. The van der Waals surface area contributed by atoms with Crippen LogP contribution in [0.4, 0.5) is 0 Å². The van der Waals surface area contributed by atoms with E-state index in [2.05, 4.69) is 31.2 Å². The number of aromatic nitrogens is 2. The first-order chi connectivity index (χ1) is 14.6. The van der Waals surface area contributed by atoms with E-state index in [0.717, 1.165) is 21.4 Å². The number of carbonyl (C=O) groups excluding carboxylic acids is 2. The topological polar surface area (TPSA) is 160 Å². The molecule has 2 rings (SSSR count). The average molecular weight is 455 g/mol. The van der Waals surface area contributed by atoms with Gasteiger partial charge in [-0.2, -0.15) is 0 Å². The summed E-state index contributed by atoms with van der Waals surface area (Å²) in [5.41, 5.74) is 12.4. The predicted octanol–water partition coefficient (Wildman–Crippen LogP) is -1.32. The van der Waals surface area contributed by atoms with Crippen molar-refractivity contribution in [2.75, 3.05) is 52.4 Å². The maximum atomic E-state index is 11.7. The lowest BCUT2D eigenvalue weighted by Crippen LogP contribution is -2.36. The average Bonchev–Trinajstić information content (AvgIpc) is 3.38. The molecule has 0 aromatic carbocycles. The van der Waals surface area contributed by atoms with Crippen LogP contribution in [0.25, 0.3) is 11.4 Å². The molecule has 0 saturated heterocycles. The first-order valence-electron chi connectivity index (χ1n) is 9.86. The molecule has 0 bridgehead atoms. The van der Waals surface area contributed by atoms with E-state index < -0.39 is 0 Å². The number of amides is 2. The summed E-state index contributed by atoms with van der Waals surface area (Å²) >= 11 is 3.11. The number of hydrogen-bond acceptors (Lipinski definition) is 10. The van der Waals surface area contributed by atoms with Gasteiger partial charge in [0, 0.05) is 62.9 Å². The highest BCUT2D eigenvalue weighted by atomic mass is 32.1. The molecule has 0 aliphatic carbocycles. The lowest BCUT2D eigenvalue weighted by molar-refractivity contribution is -0.121. The Hall–Kier alpha value is -1.96. The van der Waals surface area contributed by atoms with Gasteiger partial charge >= 0.3 is 0 Å². The van der Waals surface area contributed by atoms with Gasteiger partial charge in [-0.05, 0) is 0 Å². The van der Waals surface area contributed by atoms with E-state index in [9.17, 15) is 9.59 Å². The molecule has 10 nitrogen and oxygen atoms in total. The summed E-state index contributed by atoms with van der Waals surface area (Å²) in [7, 11) is 0. The van der Waals surface area contributed by atoms with Crippen LogP contribution in [-0.2, 0) is 22.4 Å². The summed E-state index contributed by atoms with van der Waals surface area (Å²) in [4.78, 5) is 32.5. The molecule has 166 valence electrons. The lowest BCUT2D eigenvalue weighted by atomic mass is 10.3. The van der Waals surface area contributed by atoms with Crippen LogP contribution < -0.4 is 32.7 Å². The number of thiazole rings is 2. The van der Waals surface area contributed by atoms with Crippen molar-refractivity contribution in [3.8, 4) is 11.4 Å². The maximum Gasteiger partial charge on any atom is 0.233 e. The van der Waals surface area contributed by atoms with E-state index in [0.29, 0.717) is 52.1 Å². The highest BCUT2D eigenvalue weighted by Gasteiger charge is 2.10. The number of nitrogens with two attached hydrogens (primary N) is 2. The fourth-order valence-corrected chi connectivity index (χ4v) is 4.02. The van der Waals surface area contributed by atoms with E-state index >= 15 is 0 Å². The number of nitrogens with zero attached hydrogens (tertiary/aromatic N) is 2. The van der Waals surface area contributed by atoms with E-state index in [-0.39, 0.29) is 24.9 Å². The van der Waals surface area contributed by atoms with Gasteiger partial charge in [-0.3, -0.25) is 9.59 Å². The number of hydrogen-bond donors (Lipinski definition) is 6. The lowest BCUT2D eigenvalue weighted by Gasteiger charge is -2.04. The van der Waals surface area contributed by atoms with Crippen molar-refractivity contribution >= 4 is 34.5 Å². The van der Waals surface area contributed by atoms with Crippen LogP contribution in [0.2, 0.25) is 0 Å². The molecule has 0 aliphatic heterocycles. The Balaban J connectivity index is 1.70. The van der Waals surface area contributed by atoms with Crippen molar-refractivity contribution < 1.29 is 9.59 Å². The molecule has 0 radical (unpaired) electrons. The predicted molar refractivity (Wildman–Crippen MR) is 120 cm³/mol. The second-order valence-corrected chi connectivity index (χ2v) is 8.27. The standard InChI is InChI=1S/C18H30N8O2S2/c19-3-7-21-9-15(27)23-5-1-17-25-13(11-29-17)14-12-30-18(26-14)2-6-24-16(28)10-22-8-4-20/h11-12,21-22H,1-10,19-20H2,(H,23,27)(H,24,28). The fourth-order valence-electron chi connectivity index (χ4n) is 2.44. The molecule has 0 unspecified atom stereocenters. The van der Waals surface area contributed by atoms with Gasteiger partial charge in [0.1, 0.15) is 11.4 Å². The molecule has 30 heavy (non-hydrogen) atoms. The molecular weight excluding hydrogens is 424 g/mol. The second kappa shape index (κ2) is 14.1. The largest absolute Gasteiger partial charge is 0.355 e. The summed E-state index contributed by atoms with van der Waals surface area (Å²) < 4.78 is 0. The van der Waals surface area contributed by atoms with Crippen molar-refractivity contribution in [2.45, 2.75) is 12.8 Å². The van der Waals surface area contributed by atoms with E-state index in [1.54, 1.807) is 22.7 Å². The van der Waals surface area contributed by atoms with Gasteiger partial charge in [-0.1, -0.05) is 0 Å². The summed E-state index contributed by atoms with van der Waals surface area (Å²) in [6.07, 6.45) is 1.35. The summed E-state index contributed by atoms with van der Waals surface area (Å²) in [6.45, 7) is 3.88. The summed E-state index contributed by atoms with van der Waals surface area (Å²) in [5.74, 6) is -0.0988. The quantitative estimate of drug-likeness (QED) is 0.181. The van der Waals surface area contributed by atoms with Crippen molar-refractivity contribution in [1.82, 2.24) is 31.2 Å². The third kappa shape index (κ3) is 9.24. The van der Waals surface area contributed by atoms with Crippen LogP contribution in [0.3, 0.4) is 0 Å². The van der Waals surface area contributed by atoms with Crippen molar-refractivity contribution in [3.63, 3.8) is 0 Å². The van der Waals surface area contributed by atoms with Gasteiger partial charge in [-0.15, -0.1) is 22.7 Å². The zero-order chi connectivity index (χ0) is 21.6. The molecule has 0 spiro atoms. The Bertz CT molecular complexity index is 716. The van der Waals surface area contributed by atoms with Crippen molar-refractivity contribution in [3.05, 3.63) is 20.8 Å². The van der Waals surface area contributed by atoms with E-state index in [1.807, 2.05) is 10.8 Å². The van der Waals surface area contributed by atoms with Crippen LogP contribution in [0.15, 0.2) is 10.8 Å². The zero-order valence-corrected chi connectivity index (χ0v) is 18.5. The Morgan fingerprint density at radius 2 is 1.20 bits per heavy atom. The molecule has 8 N–H and O–H groups in total. The maximum absolute atomic E-state index is 11.7. The minimum Gasteiger partial charge on any atom is -0.355 e. The fraction of sp³-hybridized carbons (Fsp3) is 0.556. The van der Waals surface area contributed by atoms with Gasteiger partial charge < -0.3 is 32.7 Å². The molecule has 2 amide bonds. The van der Waals surface area contributed by atoms with Gasteiger partial charge in [-0.25, -0.2) is 9.97 Å². The van der Waals surface area contributed by atoms with Gasteiger partial charge in [0.25, 0.3) is 0 Å².